The van der Waals surface area contributed by atoms with Crippen LogP contribution >= 0.6 is 0 Å². The molecule has 0 saturated carbocycles. The van der Waals surface area contributed by atoms with Gasteiger partial charge in [0, 0.05) is 58.0 Å². The summed E-state index contributed by atoms with van der Waals surface area (Å²) in [7, 11) is 1.92. The van der Waals surface area contributed by atoms with Crippen LogP contribution in [-0.2, 0) is 17.8 Å². The number of likely N-dealkylation sites (N-methyl/N-ethyl adjacent to an activating group) is 1. The third-order valence-electron chi connectivity index (χ3n) is 5.53. The maximum Gasteiger partial charge on any atom is 0.227 e. The van der Waals surface area contributed by atoms with Gasteiger partial charge >= 0.3 is 0 Å². The van der Waals surface area contributed by atoms with Crippen molar-refractivity contribution < 1.29 is 4.79 Å². The third kappa shape index (κ3) is 4.87. The van der Waals surface area contributed by atoms with Crippen molar-refractivity contribution in [1.29, 1.82) is 0 Å². The molecular weight excluding hydrogens is 360 g/mol. The van der Waals surface area contributed by atoms with Crippen molar-refractivity contribution >= 4 is 5.91 Å². The van der Waals surface area contributed by atoms with Crippen molar-refractivity contribution in [3.63, 3.8) is 0 Å². The molecule has 5 nitrogen and oxygen atoms in total. The Morgan fingerprint density at radius 2 is 1.62 bits per heavy atom. The first-order chi connectivity index (χ1) is 14.2. The first kappa shape index (κ1) is 19.3. The highest BCUT2D eigenvalue weighted by molar-refractivity contribution is 5.79. The molecule has 1 atom stereocenters. The lowest BCUT2D eigenvalue weighted by Crippen LogP contribution is -2.34. The second-order valence-electron chi connectivity index (χ2n) is 7.69. The minimum absolute atomic E-state index is 0.0444. The summed E-state index contributed by atoms with van der Waals surface area (Å²) in [5.74, 6) is 0.188. The first-order valence-electron chi connectivity index (χ1n) is 10.0. The zero-order valence-corrected chi connectivity index (χ0v) is 16.7. The Bertz CT molecular complexity index is 945. The molecule has 148 valence electrons. The quantitative estimate of drug-likeness (QED) is 0.675. The van der Waals surface area contributed by atoms with E-state index < -0.39 is 0 Å². The highest BCUT2D eigenvalue weighted by Gasteiger charge is 2.28. The van der Waals surface area contributed by atoms with E-state index in [9.17, 15) is 4.79 Å². The number of aromatic nitrogens is 2. The zero-order valence-electron chi connectivity index (χ0n) is 16.7. The molecule has 3 aromatic rings. The fourth-order valence-corrected chi connectivity index (χ4v) is 3.94. The molecule has 1 saturated heterocycles. The smallest absolute Gasteiger partial charge is 0.227 e. The van der Waals surface area contributed by atoms with E-state index in [-0.39, 0.29) is 11.8 Å². The van der Waals surface area contributed by atoms with Gasteiger partial charge < -0.3 is 4.90 Å². The Hall–Kier alpha value is -3.05. The molecule has 0 bridgehead atoms. The molecule has 1 aliphatic rings. The third-order valence-corrected chi connectivity index (χ3v) is 5.53. The van der Waals surface area contributed by atoms with Gasteiger partial charge in [-0.1, -0.05) is 24.3 Å². The lowest BCUT2D eigenvalue weighted by Gasteiger charge is -2.23. The predicted octanol–water partition coefficient (Wildman–Crippen LogP) is 3.28. The number of amides is 1. The number of pyridine rings is 2. The van der Waals surface area contributed by atoms with Gasteiger partial charge in [0.2, 0.25) is 5.91 Å². The van der Waals surface area contributed by atoms with E-state index in [1.807, 2.05) is 61.0 Å². The van der Waals surface area contributed by atoms with Gasteiger partial charge in [0.05, 0.1) is 5.92 Å². The number of carbonyl (C=O) groups is 1. The minimum Gasteiger partial charge on any atom is -0.344 e. The Labute approximate surface area is 172 Å². The number of nitrogens with zero attached hydrogens (tertiary/aromatic N) is 4. The van der Waals surface area contributed by atoms with E-state index in [2.05, 4.69) is 39.1 Å². The van der Waals surface area contributed by atoms with Crippen LogP contribution in [0.1, 0.15) is 11.1 Å². The molecule has 5 heteroatoms. The van der Waals surface area contributed by atoms with Crippen molar-refractivity contribution in [3.8, 4) is 11.1 Å². The second-order valence-corrected chi connectivity index (χ2v) is 7.69. The lowest BCUT2D eigenvalue weighted by molar-refractivity contribution is -0.133. The highest BCUT2D eigenvalue weighted by Crippen LogP contribution is 2.23. The van der Waals surface area contributed by atoms with Gasteiger partial charge in [0.25, 0.3) is 0 Å². The average Bonchev–Trinajstić information content (AvgIpc) is 2.89. The summed E-state index contributed by atoms with van der Waals surface area (Å²) in [5.41, 5.74) is 4.73. The van der Waals surface area contributed by atoms with Crippen LogP contribution in [0.2, 0.25) is 0 Å². The van der Waals surface area contributed by atoms with Gasteiger partial charge in [-0.05, 0) is 52.9 Å². The Morgan fingerprint density at radius 1 is 0.897 bits per heavy atom. The van der Waals surface area contributed by atoms with Crippen LogP contribution in [0.15, 0.2) is 73.3 Å². The molecule has 0 spiro atoms. The molecule has 4 rings (SSSR count). The Morgan fingerprint density at radius 3 is 2.38 bits per heavy atom. The van der Waals surface area contributed by atoms with Crippen LogP contribution in [0, 0.1) is 5.92 Å². The number of carbonyl (C=O) groups excluding carboxylic acids is 1. The van der Waals surface area contributed by atoms with Crippen LogP contribution < -0.4 is 0 Å². The van der Waals surface area contributed by atoms with E-state index in [1.54, 1.807) is 0 Å². The second kappa shape index (κ2) is 8.97. The van der Waals surface area contributed by atoms with E-state index in [4.69, 9.17) is 0 Å². The molecule has 1 fully saturated rings. The lowest BCUT2D eigenvalue weighted by atomic mass is 9.95. The molecule has 1 aromatic carbocycles. The summed E-state index contributed by atoms with van der Waals surface area (Å²) in [6, 6.07) is 16.6. The molecule has 3 heterocycles. The maximum atomic E-state index is 13.0. The number of hydrogen-bond donors (Lipinski definition) is 0. The molecule has 1 aliphatic heterocycles. The molecule has 0 N–H and O–H groups in total. The van der Waals surface area contributed by atoms with Crippen molar-refractivity contribution in [2.75, 3.05) is 26.7 Å². The van der Waals surface area contributed by atoms with Crippen LogP contribution in [-0.4, -0.2) is 52.4 Å². The van der Waals surface area contributed by atoms with E-state index in [0.29, 0.717) is 0 Å². The van der Waals surface area contributed by atoms with Gasteiger partial charge in [0.15, 0.2) is 0 Å². The van der Waals surface area contributed by atoms with Crippen molar-refractivity contribution in [1.82, 2.24) is 19.8 Å². The number of hydrogen-bond acceptors (Lipinski definition) is 4. The SMILES string of the molecule is CN1CCN(Cc2ccncc2)C[C@@H](Cc2cccc(-c3ccncc3)c2)C1=O. The van der Waals surface area contributed by atoms with Crippen molar-refractivity contribution in [2.24, 2.45) is 5.92 Å². The molecule has 0 unspecified atom stereocenters. The van der Waals surface area contributed by atoms with Crippen LogP contribution in [0.3, 0.4) is 0 Å². The summed E-state index contributed by atoms with van der Waals surface area (Å²) in [6.45, 7) is 3.26. The fourth-order valence-electron chi connectivity index (χ4n) is 3.94. The van der Waals surface area contributed by atoms with E-state index in [0.717, 1.165) is 43.7 Å². The molecule has 29 heavy (non-hydrogen) atoms. The van der Waals surface area contributed by atoms with Crippen LogP contribution in [0.25, 0.3) is 11.1 Å². The predicted molar refractivity (Wildman–Crippen MR) is 114 cm³/mol. The fraction of sp³-hybridized carbons (Fsp3) is 0.292. The standard InChI is InChI=1S/C24H26N4O/c1-27-13-14-28(17-19-5-9-25-10-6-19)18-23(24(27)29)16-20-3-2-4-22(15-20)21-7-11-26-12-8-21/h2-12,15,23H,13-14,16-18H2,1H3/t23-/m1/s1. The largest absolute Gasteiger partial charge is 0.344 e. The molecule has 0 aliphatic carbocycles. The van der Waals surface area contributed by atoms with Gasteiger partial charge in [0.1, 0.15) is 0 Å². The molecule has 1 amide bonds. The summed E-state index contributed by atoms with van der Waals surface area (Å²) >= 11 is 0. The first-order valence-corrected chi connectivity index (χ1v) is 10.0. The van der Waals surface area contributed by atoms with Gasteiger partial charge in [-0.3, -0.25) is 19.7 Å². The number of benzene rings is 1. The summed E-state index contributed by atoms with van der Waals surface area (Å²) < 4.78 is 0. The maximum absolute atomic E-state index is 13.0. The molecule has 0 radical (unpaired) electrons. The normalized spacial score (nSPS) is 17.9. The zero-order chi connectivity index (χ0) is 20.1. The van der Waals surface area contributed by atoms with Gasteiger partial charge in [-0.25, -0.2) is 0 Å². The van der Waals surface area contributed by atoms with Crippen LogP contribution in [0.5, 0.6) is 0 Å². The molecular formula is C24H26N4O. The number of rotatable bonds is 5. The van der Waals surface area contributed by atoms with Crippen molar-refractivity contribution in [2.45, 2.75) is 13.0 Å². The van der Waals surface area contributed by atoms with Crippen molar-refractivity contribution in [3.05, 3.63) is 84.4 Å². The summed E-state index contributed by atoms with van der Waals surface area (Å²) in [4.78, 5) is 25.4. The summed E-state index contributed by atoms with van der Waals surface area (Å²) in [5, 5.41) is 0. The van der Waals surface area contributed by atoms with Gasteiger partial charge in [-0.15, -0.1) is 0 Å². The van der Waals surface area contributed by atoms with Gasteiger partial charge in [-0.2, -0.15) is 0 Å². The molecule has 2 aromatic heterocycles. The minimum atomic E-state index is -0.0444. The Balaban J connectivity index is 1.52. The Kier molecular flexibility index (Phi) is 5.96. The van der Waals surface area contributed by atoms with E-state index in [1.165, 1.54) is 11.1 Å². The summed E-state index contributed by atoms with van der Waals surface area (Å²) in [6.07, 6.45) is 8.01. The topological polar surface area (TPSA) is 49.3 Å². The average molecular weight is 386 g/mol. The van der Waals surface area contributed by atoms with E-state index >= 15 is 0 Å². The van der Waals surface area contributed by atoms with Crippen LogP contribution in [0.4, 0.5) is 0 Å². The monoisotopic (exact) mass is 386 g/mol. The highest BCUT2D eigenvalue weighted by atomic mass is 16.2.